The summed E-state index contributed by atoms with van der Waals surface area (Å²) in [5, 5.41) is 3.09. The summed E-state index contributed by atoms with van der Waals surface area (Å²) in [6.07, 6.45) is 3.93. The number of nitrogens with zero attached hydrogens (tertiary/aromatic N) is 2. The Labute approximate surface area is 230 Å². The van der Waals surface area contributed by atoms with Gasteiger partial charge < -0.3 is 10.1 Å². The number of benzene rings is 2. The number of halogens is 1. The second kappa shape index (κ2) is 12.3. The summed E-state index contributed by atoms with van der Waals surface area (Å²) < 4.78 is 60.4. The van der Waals surface area contributed by atoms with E-state index in [0.29, 0.717) is 44.8 Å². The molecule has 0 radical (unpaired) electrons. The van der Waals surface area contributed by atoms with Gasteiger partial charge in [0.05, 0.1) is 27.3 Å². The van der Waals surface area contributed by atoms with Crippen LogP contribution in [0, 0.1) is 5.92 Å². The van der Waals surface area contributed by atoms with Gasteiger partial charge in [-0.2, -0.15) is 8.61 Å². The SMILES string of the molecule is CCOc1ccc(S(=O)(=O)N2CCC[C@@H](C(=O)NCc3ccc(S(=O)(=O)N4CCCCC4)cc3)C2)cc1Cl. The zero-order chi connectivity index (χ0) is 27.3. The summed E-state index contributed by atoms with van der Waals surface area (Å²) in [5.74, 6) is -0.309. The van der Waals surface area contributed by atoms with Crippen LogP contribution in [0.15, 0.2) is 52.3 Å². The van der Waals surface area contributed by atoms with Gasteiger partial charge in [0, 0.05) is 32.7 Å². The van der Waals surface area contributed by atoms with Gasteiger partial charge in [0.25, 0.3) is 0 Å². The molecule has 2 fully saturated rings. The molecule has 0 bridgehead atoms. The third-order valence-corrected chi connectivity index (χ3v) is 11.0. The number of rotatable bonds is 9. The average Bonchev–Trinajstić information content (AvgIpc) is 2.93. The number of carbonyl (C=O) groups is 1. The zero-order valence-electron chi connectivity index (χ0n) is 21.4. The first kappa shape index (κ1) is 28.8. The van der Waals surface area contributed by atoms with Crippen LogP contribution in [0.1, 0.15) is 44.6 Å². The number of sulfonamides is 2. The van der Waals surface area contributed by atoms with Gasteiger partial charge in [-0.05, 0) is 68.5 Å². The second-order valence-electron chi connectivity index (χ2n) is 9.55. The van der Waals surface area contributed by atoms with E-state index < -0.39 is 26.0 Å². The molecule has 0 saturated carbocycles. The Kier molecular flexibility index (Phi) is 9.36. The van der Waals surface area contributed by atoms with Gasteiger partial charge in [0.1, 0.15) is 5.75 Å². The highest BCUT2D eigenvalue weighted by molar-refractivity contribution is 7.89. The number of piperidine rings is 2. The highest BCUT2D eigenvalue weighted by atomic mass is 35.5. The molecule has 9 nitrogen and oxygen atoms in total. The van der Waals surface area contributed by atoms with E-state index in [1.807, 2.05) is 6.92 Å². The molecule has 2 heterocycles. The number of hydrogen-bond donors (Lipinski definition) is 1. The second-order valence-corrected chi connectivity index (χ2v) is 13.8. The maximum Gasteiger partial charge on any atom is 0.243 e. The van der Waals surface area contributed by atoms with Gasteiger partial charge >= 0.3 is 0 Å². The average molecular weight is 584 g/mol. The Morgan fingerprint density at radius 3 is 2.21 bits per heavy atom. The molecule has 2 aromatic carbocycles. The molecule has 1 N–H and O–H groups in total. The number of hydrogen-bond acceptors (Lipinski definition) is 6. The van der Waals surface area contributed by atoms with E-state index in [9.17, 15) is 21.6 Å². The molecule has 2 aromatic rings. The monoisotopic (exact) mass is 583 g/mol. The largest absolute Gasteiger partial charge is 0.492 e. The lowest BCUT2D eigenvalue weighted by molar-refractivity contribution is -0.126. The molecule has 2 aliphatic heterocycles. The Morgan fingerprint density at radius 1 is 0.921 bits per heavy atom. The molecule has 1 amide bonds. The fourth-order valence-corrected chi connectivity index (χ4v) is 8.17. The summed E-state index contributed by atoms with van der Waals surface area (Å²) >= 11 is 6.20. The predicted molar refractivity (Wildman–Crippen MR) is 145 cm³/mol. The number of amides is 1. The van der Waals surface area contributed by atoms with E-state index in [4.69, 9.17) is 16.3 Å². The molecule has 0 aliphatic carbocycles. The Bertz CT molecular complexity index is 1340. The zero-order valence-corrected chi connectivity index (χ0v) is 23.8. The van der Waals surface area contributed by atoms with Crippen LogP contribution in [0.25, 0.3) is 0 Å². The van der Waals surface area contributed by atoms with Crippen molar-refractivity contribution in [3.8, 4) is 5.75 Å². The van der Waals surface area contributed by atoms with Crippen molar-refractivity contribution in [3.05, 3.63) is 53.1 Å². The van der Waals surface area contributed by atoms with E-state index in [1.165, 1.54) is 26.8 Å². The minimum atomic E-state index is -3.83. The molecule has 2 aliphatic rings. The van der Waals surface area contributed by atoms with Crippen LogP contribution in [-0.2, 0) is 31.4 Å². The van der Waals surface area contributed by atoms with Crippen molar-refractivity contribution < 1.29 is 26.4 Å². The van der Waals surface area contributed by atoms with Crippen LogP contribution >= 0.6 is 11.6 Å². The van der Waals surface area contributed by atoms with Gasteiger partial charge in [0.15, 0.2) is 0 Å². The van der Waals surface area contributed by atoms with Crippen LogP contribution in [0.2, 0.25) is 5.02 Å². The van der Waals surface area contributed by atoms with Crippen molar-refractivity contribution in [1.29, 1.82) is 0 Å². The van der Waals surface area contributed by atoms with Crippen molar-refractivity contribution in [1.82, 2.24) is 13.9 Å². The van der Waals surface area contributed by atoms with Crippen molar-refractivity contribution in [2.24, 2.45) is 5.92 Å². The van der Waals surface area contributed by atoms with Crippen molar-refractivity contribution in [2.75, 3.05) is 32.8 Å². The quantitative estimate of drug-likeness (QED) is 0.482. The lowest BCUT2D eigenvalue weighted by atomic mass is 9.99. The van der Waals surface area contributed by atoms with Crippen LogP contribution in [-0.4, -0.2) is 64.1 Å². The molecular formula is C26H34ClN3O6S2. The highest BCUT2D eigenvalue weighted by Gasteiger charge is 2.33. The Balaban J connectivity index is 1.35. The van der Waals surface area contributed by atoms with Crippen molar-refractivity contribution >= 4 is 37.6 Å². The van der Waals surface area contributed by atoms with Gasteiger partial charge in [-0.25, -0.2) is 16.8 Å². The fourth-order valence-electron chi connectivity index (χ4n) is 4.81. The lowest BCUT2D eigenvalue weighted by Crippen LogP contribution is -2.45. The number of nitrogens with one attached hydrogen (secondary N) is 1. The smallest absolute Gasteiger partial charge is 0.243 e. The van der Waals surface area contributed by atoms with E-state index in [2.05, 4.69) is 5.32 Å². The van der Waals surface area contributed by atoms with Crippen LogP contribution in [0.4, 0.5) is 0 Å². The minimum Gasteiger partial charge on any atom is -0.492 e. The maximum absolute atomic E-state index is 13.2. The first-order valence-electron chi connectivity index (χ1n) is 12.9. The molecule has 1 atom stereocenters. The first-order valence-corrected chi connectivity index (χ1v) is 16.2. The van der Waals surface area contributed by atoms with Crippen molar-refractivity contribution in [3.63, 3.8) is 0 Å². The standard InChI is InChI=1S/C26H34ClN3O6S2/c1-2-36-25-13-12-23(17-24(25)27)38(34,35)30-16-6-7-21(19-30)26(31)28-18-20-8-10-22(11-9-20)37(32,33)29-14-4-3-5-15-29/h8-13,17,21H,2-7,14-16,18-19H2,1H3,(H,28,31)/t21-/m1/s1. The van der Waals surface area contributed by atoms with Gasteiger partial charge in [0.2, 0.25) is 26.0 Å². The molecule has 12 heteroatoms. The van der Waals surface area contributed by atoms with E-state index in [0.717, 1.165) is 24.8 Å². The third kappa shape index (κ3) is 6.51. The molecule has 4 rings (SSSR count). The fraction of sp³-hybridized carbons (Fsp3) is 0.500. The van der Waals surface area contributed by atoms with E-state index >= 15 is 0 Å². The molecular weight excluding hydrogens is 550 g/mol. The first-order chi connectivity index (χ1) is 18.1. The Hall–Kier alpha value is -2.18. The highest BCUT2D eigenvalue weighted by Crippen LogP contribution is 2.30. The normalized spacial score (nSPS) is 19.7. The minimum absolute atomic E-state index is 0.0617. The lowest BCUT2D eigenvalue weighted by Gasteiger charge is -2.31. The summed E-state index contributed by atoms with van der Waals surface area (Å²) in [4.78, 5) is 13.2. The Morgan fingerprint density at radius 2 is 1.55 bits per heavy atom. The summed E-state index contributed by atoms with van der Waals surface area (Å²) in [6, 6.07) is 10.9. The summed E-state index contributed by atoms with van der Waals surface area (Å²) in [7, 11) is -7.34. The van der Waals surface area contributed by atoms with Gasteiger partial charge in [-0.15, -0.1) is 0 Å². The van der Waals surface area contributed by atoms with E-state index in [-0.39, 0.29) is 33.8 Å². The van der Waals surface area contributed by atoms with Crippen LogP contribution < -0.4 is 10.1 Å². The summed E-state index contributed by atoms with van der Waals surface area (Å²) in [6.45, 7) is 3.93. The number of ether oxygens (including phenoxy) is 1. The molecule has 38 heavy (non-hydrogen) atoms. The maximum atomic E-state index is 13.2. The third-order valence-electron chi connectivity index (χ3n) is 6.94. The number of carbonyl (C=O) groups excluding carboxylic acids is 1. The van der Waals surface area contributed by atoms with Gasteiger partial charge in [-0.1, -0.05) is 30.2 Å². The topological polar surface area (TPSA) is 113 Å². The van der Waals surface area contributed by atoms with Crippen LogP contribution in [0.3, 0.4) is 0 Å². The van der Waals surface area contributed by atoms with E-state index in [1.54, 1.807) is 24.3 Å². The summed E-state index contributed by atoms with van der Waals surface area (Å²) in [5.41, 5.74) is 0.764. The molecule has 0 spiro atoms. The predicted octanol–water partition coefficient (Wildman–Crippen LogP) is 3.63. The van der Waals surface area contributed by atoms with Crippen LogP contribution in [0.5, 0.6) is 5.75 Å². The van der Waals surface area contributed by atoms with Gasteiger partial charge in [-0.3, -0.25) is 4.79 Å². The molecule has 208 valence electrons. The molecule has 0 unspecified atom stereocenters. The molecule has 0 aromatic heterocycles. The van der Waals surface area contributed by atoms with Crippen molar-refractivity contribution in [2.45, 2.75) is 55.4 Å². The molecule has 2 saturated heterocycles.